The summed E-state index contributed by atoms with van der Waals surface area (Å²) in [4.78, 5) is 21.9. The minimum absolute atomic E-state index is 0.0989. The van der Waals surface area contributed by atoms with Crippen LogP contribution in [0.2, 0.25) is 0 Å². The Morgan fingerprint density at radius 3 is 2.41 bits per heavy atom. The fourth-order valence-electron chi connectivity index (χ4n) is 4.90. The van der Waals surface area contributed by atoms with Crippen molar-refractivity contribution in [1.82, 2.24) is 20.5 Å². The van der Waals surface area contributed by atoms with Crippen LogP contribution in [-0.4, -0.2) is 41.6 Å². The lowest BCUT2D eigenvalue weighted by Crippen LogP contribution is -2.47. The summed E-state index contributed by atoms with van der Waals surface area (Å²) in [7, 11) is 0. The first-order valence-electron chi connectivity index (χ1n) is 12.3. The molecular formula is C28H33N5O. The van der Waals surface area contributed by atoms with Gasteiger partial charge in [0.05, 0.1) is 0 Å². The van der Waals surface area contributed by atoms with E-state index in [-0.39, 0.29) is 12.1 Å². The Morgan fingerprint density at radius 2 is 1.65 bits per heavy atom. The zero-order valence-electron chi connectivity index (χ0n) is 19.6. The van der Waals surface area contributed by atoms with Crippen LogP contribution in [0.1, 0.15) is 35.1 Å². The van der Waals surface area contributed by atoms with Gasteiger partial charge in [0.1, 0.15) is 5.82 Å². The molecule has 3 aromatic rings. The van der Waals surface area contributed by atoms with E-state index in [2.05, 4.69) is 92.1 Å². The highest BCUT2D eigenvalue weighted by molar-refractivity contribution is 5.74. The molecule has 0 bridgehead atoms. The maximum atomic E-state index is 12.4. The highest BCUT2D eigenvalue weighted by Crippen LogP contribution is 2.23. The lowest BCUT2D eigenvalue weighted by atomic mass is 10.00. The van der Waals surface area contributed by atoms with E-state index in [1.165, 1.54) is 16.7 Å². The van der Waals surface area contributed by atoms with Crippen LogP contribution in [0.15, 0.2) is 72.9 Å². The Labute approximate surface area is 202 Å². The molecule has 1 fully saturated rings. The minimum atomic E-state index is -0.0989. The van der Waals surface area contributed by atoms with Crippen LogP contribution < -0.4 is 15.5 Å². The zero-order chi connectivity index (χ0) is 23.2. The molecule has 0 radical (unpaired) electrons. The van der Waals surface area contributed by atoms with Crippen molar-refractivity contribution in [3.63, 3.8) is 0 Å². The third-order valence-electron chi connectivity index (χ3n) is 6.89. The zero-order valence-corrected chi connectivity index (χ0v) is 19.6. The number of benzene rings is 2. The number of hydrogen-bond donors (Lipinski definition) is 2. The Kier molecular flexibility index (Phi) is 7.05. The van der Waals surface area contributed by atoms with Crippen LogP contribution in [0.5, 0.6) is 0 Å². The molecule has 0 atom stereocenters. The van der Waals surface area contributed by atoms with Crippen molar-refractivity contribution in [3.05, 3.63) is 95.2 Å². The molecule has 1 saturated heterocycles. The van der Waals surface area contributed by atoms with Gasteiger partial charge in [-0.05, 0) is 47.6 Å². The van der Waals surface area contributed by atoms with E-state index in [4.69, 9.17) is 0 Å². The number of carbonyl (C=O) groups excluding carboxylic acids is 1. The summed E-state index contributed by atoms with van der Waals surface area (Å²) in [6, 6.07) is 23.5. The fourth-order valence-corrected chi connectivity index (χ4v) is 4.90. The number of likely N-dealkylation sites (tertiary alicyclic amines) is 1. The molecule has 1 aromatic heterocycles. The summed E-state index contributed by atoms with van der Waals surface area (Å²) in [6.45, 7) is 5.35. The van der Waals surface area contributed by atoms with E-state index in [1.54, 1.807) is 0 Å². The maximum absolute atomic E-state index is 12.4. The predicted molar refractivity (Wildman–Crippen MR) is 136 cm³/mol. The number of hydrogen-bond acceptors (Lipinski definition) is 4. The monoisotopic (exact) mass is 455 g/mol. The van der Waals surface area contributed by atoms with Crippen LogP contribution in [0.25, 0.3) is 0 Å². The molecule has 0 spiro atoms. The molecule has 5 rings (SSSR count). The van der Waals surface area contributed by atoms with Gasteiger partial charge in [-0.15, -0.1) is 0 Å². The Balaban J connectivity index is 1.04. The first kappa shape index (κ1) is 22.4. The average Bonchev–Trinajstić information content (AvgIpc) is 2.89. The molecule has 0 unspecified atom stereocenters. The fraction of sp³-hybridized carbons (Fsp3) is 0.357. The van der Waals surface area contributed by atoms with Gasteiger partial charge in [0.2, 0.25) is 0 Å². The normalized spacial score (nSPS) is 16.6. The molecule has 2 aromatic carbocycles. The van der Waals surface area contributed by atoms with Crippen molar-refractivity contribution in [1.29, 1.82) is 0 Å². The van der Waals surface area contributed by atoms with E-state index in [9.17, 15) is 4.79 Å². The number of rotatable bonds is 6. The van der Waals surface area contributed by atoms with Gasteiger partial charge >= 0.3 is 6.03 Å². The summed E-state index contributed by atoms with van der Waals surface area (Å²) < 4.78 is 0. The van der Waals surface area contributed by atoms with Crippen molar-refractivity contribution in [2.45, 2.75) is 44.9 Å². The number of anilines is 1. The molecule has 176 valence electrons. The number of aromatic nitrogens is 1. The van der Waals surface area contributed by atoms with Gasteiger partial charge in [-0.3, -0.25) is 4.90 Å². The van der Waals surface area contributed by atoms with Crippen LogP contribution in [0.3, 0.4) is 0 Å². The molecule has 2 aliphatic heterocycles. The molecule has 2 amide bonds. The summed E-state index contributed by atoms with van der Waals surface area (Å²) in [5.74, 6) is 0.991. The largest absolute Gasteiger partial charge is 0.352 e. The maximum Gasteiger partial charge on any atom is 0.315 e. The summed E-state index contributed by atoms with van der Waals surface area (Å²) in [6.07, 6.45) is 4.88. The van der Waals surface area contributed by atoms with E-state index < -0.39 is 0 Å². The molecular weight excluding hydrogens is 422 g/mol. The quantitative estimate of drug-likeness (QED) is 0.587. The number of nitrogens with zero attached hydrogens (tertiary/aromatic N) is 3. The number of urea groups is 1. The lowest BCUT2D eigenvalue weighted by Gasteiger charge is -2.32. The van der Waals surface area contributed by atoms with Gasteiger partial charge < -0.3 is 15.5 Å². The van der Waals surface area contributed by atoms with E-state index in [1.807, 2.05) is 6.20 Å². The van der Waals surface area contributed by atoms with Gasteiger partial charge in [-0.1, -0.05) is 60.7 Å². The second kappa shape index (κ2) is 10.7. The number of piperidine rings is 1. The van der Waals surface area contributed by atoms with Crippen molar-refractivity contribution < 1.29 is 4.79 Å². The molecule has 2 aliphatic rings. The van der Waals surface area contributed by atoms with Crippen LogP contribution in [0.4, 0.5) is 10.6 Å². The molecule has 6 heteroatoms. The Bertz CT molecular complexity index is 1080. The summed E-state index contributed by atoms with van der Waals surface area (Å²) in [5.41, 5.74) is 5.17. The van der Waals surface area contributed by atoms with E-state index >= 15 is 0 Å². The molecule has 3 heterocycles. The van der Waals surface area contributed by atoms with Gasteiger partial charge in [-0.25, -0.2) is 9.78 Å². The van der Waals surface area contributed by atoms with Crippen molar-refractivity contribution in [3.8, 4) is 0 Å². The topological polar surface area (TPSA) is 60.5 Å². The standard InChI is InChI=1S/C28H33N5O/c34-28(31-26-13-15-32(16-14-26)20-22-6-2-1-3-7-22)30-19-23-10-11-27(29-18-23)33-17-12-24-8-4-5-9-25(24)21-33/h1-11,18,26H,12-17,19-21H2,(H2,30,31,34). The Hall–Kier alpha value is -3.38. The first-order chi connectivity index (χ1) is 16.7. The van der Waals surface area contributed by atoms with Crippen molar-refractivity contribution in [2.24, 2.45) is 0 Å². The molecule has 0 saturated carbocycles. The minimum Gasteiger partial charge on any atom is -0.352 e. The van der Waals surface area contributed by atoms with Gasteiger partial charge in [0.15, 0.2) is 0 Å². The molecule has 0 aliphatic carbocycles. The smallest absolute Gasteiger partial charge is 0.315 e. The van der Waals surface area contributed by atoms with Crippen LogP contribution in [0, 0.1) is 0 Å². The SMILES string of the molecule is O=C(NCc1ccc(N2CCc3ccccc3C2)nc1)NC1CCN(Cc2ccccc2)CC1. The molecule has 6 nitrogen and oxygen atoms in total. The lowest BCUT2D eigenvalue weighted by molar-refractivity contribution is 0.186. The van der Waals surface area contributed by atoms with Gasteiger partial charge in [0, 0.05) is 51.5 Å². The second-order valence-electron chi connectivity index (χ2n) is 9.33. The summed E-state index contributed by atoms with van der Waals surface area (Å²) in [5, 5.41) is 6.13. The number of nitrogens with one attached hydrogen (secondary N) is 2. The van der Waals surface area contributed by atoms with Crippen molar-refractivity contribution >= 4 is 11.8 Å². The van der Waals surface area contributed by atoms with Gasteiger partial charge in [-0.2, -0.15) is 0 Å². The van der Waals surface area contributed by atoms with E-state index in [0.717, 1.165) is 63.4 Å². The first-order valence-corrected chi connectivity index (χ1v) is 12.3. The van der Waals surface area contributed by atoms with Crippen LogP contribution >= 0.6 is 0 Å². The van der Waals surface area contributed by atoms with Crippen LogP contribution in [-0.2, 0) is 26.1 Å². The van der Waals surface area contributed by atoms with E-state index in [0.29, 0.717) is 6.54 Å². The van der Waals surface area contributed by atoms with Gasteiger partial charge in [0.25, 0.3) is 0 Å². The molecule has 2 N–H and O–H groups in total. The highest BCUT2D eigenvalue weighted by Gasteiger charge is 2.21. The second-order valence-corrected chi connectivity index (χ2v) is 9.33. The number of fused-ring (bicyclic) bond motifs is 1. The highest BCUT2D eigenvalue weighted by atomic mass is 16.2. The third kappa shape index (κ3) is 5.75. The molecule has 34 heavy (non-hydrogen) atoms. The summed E-state index contributed by atoms with van der Waals surface area (Å²) >= 11 is 0. The Morgan fingerprint density at radius 1 is 0.882 bits per heavy atom. The number of carbonyl (C=O) groups is 1. The average molecular weight is 456 g/mol. The number of amides is 2. The predicted octanol–water partition coefficient (Wildman–Crippen LogP) is 4.11. The number of pyridine rings is 1. The third-order valence-corrected chi connectivity index (χ3v) is 6.89. The van der Waals surface area contributed by atoms with Crippen molar-refractivity contribution in [2.75, 3.05) is 24.5 Å².